The fraction of sp³-hybridized carbons (Fsp3) is 0.462. The van der Waals surface area contributed by atoms with Crippen LogP contribution >= 0.6 is 0 Å². The first-order valence-corrected chi connectivity index (χ1v) is 8.39. The highest BCUT2D eigenvalue weighted by Gasteiger charge is 2.29. The van der Waals surface area contributed by atoms with Gasteiger partial charge in [0.1, 0.15) is 11.5 Å². The van der Waals surface area contributed by atoms with E-state index in [0.717, 1.165) is 0 Å². The Morgan fingerprint density at radius 3 is 2.62 bits per heavy atom. The van der Waals surface area contributed by atoms with Gasteiger partial charge in [-0.05, 0) is 37.6 Å². The van der Waals surface area contributed by atoms with Crippen molar-refractivity contribution in [2.75, 3.05) is 11.5 Å². The number of nitrogens with one attached hydrogen (secondary N) is 2. The second-order valence-corrected chi connectivity index (χ2v) is 7.20. The molecule has 0 spiro atoms. The molecule has 2 atom stereocenters. The van der Waals surface area contributed by atoms with Crippen molar-refractivity contribution in [1.82, 2.24) is 10.6 Å². The summed E-state index contributed by atoms with van der Waals surface area (Å²) in [5.74, 6) is 0.720. The fourth-order valence-electron chi connectivity index (χ4n) is 2.08. The van der Waals surface area contributed by atoms with Crippen LogP contribution in [0.3, 0.4) is 0 Å². The van der Waals surface area contributed by atoms with Gasteiger partial charge in [0.15, 0.2) is 16.1 Å². The van der Waals surface area contributed by atoms with E-state index in [0.29, 0.717) is 12.2 Å². The number of hydrogen-bond acceptors (Lipinski definition) is 5. The van der Waals surface area contributed by atoms with Crippen LogP contribution < -0.4 is 15.4 Å². The van der Waals surface area contributed by atoms with Crippen molar-refractivity contribution in [2.24, 2.45) is 0 Å². The number of sulfone groups is 1. The number of urea groups is 1. The number of carbonyl (C=O) groups excluding carboxylic acids is 1. The topological polar surface area (TPSA) is 105 Å². The van der Waals surface area contributed by atoms with Crippen LogP contribution in [0.15, 0.2) is 24.3 Å². The molecular formula is C13H18N2O5S. The van der Waals surface area contributed by atoms with Gasteiger partial charge in [-0.2, -0.15) is 0 Å². The maximum atomic E-state index is 11.7. The van der Waals surface area contributed by atoms with E-state index >= 15 is 0 Å². The average molecular weight is 314 g/mol. The predicted octanol–water partition coefficient (Wildman–Crippen LogP) is 0.603. The largest absolute Gasteiger partial charge is 0.508 e. The van der Waals surface area contributed by atoms with Crippen molar-refractivity contribution in [1.29, 1.82) is 0 Å². The molecule has 116 valence electrons. The summed E-state index contributed by atoms with van der Waals surface area (Å²) in [6.07, 6.45) is -0.157. The molecule has 8 heteroatoms. The summed E-state index contributed by atoms with van der Waals surface area (Å²) < 4.78 is 28.0. The van der Waals surface area contributed by atoms with Crippen LogP contribution in [0.1, 0.15) is 13.3 Å². The normalized spacial score (nSPS) is 21.5. The van der Waals surface area contributed by atoms with Crippen LogP contribution in [0.25, 0.3) is 0 Å². The summed E-state index contributed by atoms with van der Waals surface area (Å²) in [5, 5.41) is 14.3. The molecule has 0 saturated carbocycles. The van der Waals surface area contributed by atoms with Crippen LogP contribution in [0.5, 0.6) is 11.5 Å². The first-order valence-electron chi connectivity index (χ1n) is 6.57. The molecule has 0 aromatic heterocycles. The van der Waals surface area contributed by atoms with E-state index in [2.05, 4.69) is 10.6 Å². The quantitative estimate of drug-likeness (QED) is 0.706. The summed E-state index contributed by atoms with van der Waals surface area (Å²) >= 11 is 0. The van der Waals surface area contributed by atoms with Gasteiger partial charge in [0.25, 0.3) is 0 Å². The zero-order chi connectivity index (χ0) is 15.5. The van der Waals surface area contributed by atoms with E-state index in [-0.39, 0.29) is 23.3 Å². The van der Waals surface area contributed by atoms with Gasteiger partial charge >= 0.3 is 6.03 Å². The Bertz CT molecular complexity index is 599. The maximum absolute atomic E-state index is 11.7. The second-order valence-electron chi connectivity index (χ2n) is 4.97. The van der Waals surface area contributed by atoms with Gasteiger partial charge in [0, 0.05) is 6.04 Å². The molecule has 0 radical (unpaired) electrons. The van der Waals surface area contributed by atoms with Gasteiger partial charge in [-0.25, -0.2) is 13.2 Å². The summed E-state index contributed by atoms with van der Waals surface area (Å²) in [6.45, 7) is 1.65. The lowest BCUT2D eigenvalue weighted by Crippen LogP contribution is -2.47. The zero-order valence-corrected chi connectivity index (χ0v) is 12.4. The van der Waals surface area contributed by atoms with Crippen molar-refractivity contribution in [3.8, 4) is 11.5 Å². The smallest absolute Gasteiger partial charge is 0.317 e. The monoisotopic (exact) mass is 314 g/mol. The summed E-state index contributed by atoms with van der Waals surface area (Å²) in [6, 6.07) is 5.29. The van der Waals surface area contributed by atoms with Crippen LogP contribution in [0, 0.1) is 0 Å². The summed E-state index contributed by atoms with van der Waals surface area (Å²) in [4.78, 5) is 11.7. The highest BCUT2D eigenvalue weighted by Crippen LogP contribution is 2.16. The standard InChI is InChI=1S/C13H18N2O5S/c1-9(20-12-4-2-11(16)3-5-12)14-13(17)15-10-6-7-21(18,19)8-10/h2-5,9-10,16H,6-8H2,1H3,(H2,14,15,17). The lowest BCUT2D eigenvalue weighted by molar-refractivity contribution is 0.175. The van der Waals surface area contributed by atoms with E-state index in [4.69, 9.17) is 9.84 Å². The second kappa shape index (κ2) is 6.21. The molecule has 1 aliphatic rings. The van der Waals surface area contributed by atoms with E-state index in [1.165, 1.54) is 12.1 Å². The Morgan fingerprint density at radius 2 is 2.05 bits per heavy atom. The van der Waals surface area contributed by atoms with Crippen LogP contribution in [0.4, 0.5) is 4.79 Å². The molecule has 0 aliphatic carbocycles. The zero-order valence-electron chi connectivity index (χ0n) is 11.6. The first-order chi connectivity index (χ1) is 9.84. The number of amides is 2. The molecule has 1 heterocycles. The van der Waals surface area contributed by atoms with Gasteiger partial charge in [-0.15, -0.1) is 0 Å². The number of benzene rings is 1. The molecule has 1 saturated heterocycles. The number of rotatable bonds is 4. The van der Waals surface area contributed by atoms with Gasteiger partial charge in [-0.1, -0.05) is 0 Å². The minimum Gasteiger partial charge on any atom is -0.508 e. The van der Waals surface area contributed by atoms with Gasteiger partial charge in [-0.3, -0.25) is 0 Å². The molecule has 0 bridgehead atoms. The molecule has 1 fully saturated rings. The molecule has 21 heavy (non-hydrogen) atoms. The number of ether oxygens (including phenoxy) is 1. The molecular weight excluding hydrogens is 296 g/mol. The third-order valence-corrected chi connectivity index (χ3v) is 4.82. The van der Waals surface area contributed by atoms with E-state index in [1.54, 1.807) is 19.1 Å². The molecule has 7 nitrogen and oxygen atoms in total. The van der Waals surface area contributed by atoms with Crippen molar-refractivity contribution in [3.63, 3.8) is 0 Å². The molecule has 1 aromatic carbocycles. The van der Waals surface area contributed by atoms with Crippen molar-refractivity contribution in [2.45, 2.75) is 25.6 Å². The van der Waals surface area contributed by atoms with E-state index < -0.39 is 22.1 Å². The van der Waals surface area contributed by atoms with Gasteiger partial charge < -0.3 is 20.5 Å². The molecule has 2 amide bonds. The number of aromatic hydroxyl groups is 1. The molecule has 2 rings (SSSR count). The summed E-state index contributed by atoms with van der Waals surface area (Å²) in [5.41, 5.74) is 0. The van der Waals surface area contributed by atoms with Crippen LogP contribution in [-0.4, -0.2) is 43.3 Å². The maximum Gasteiger partial charge on any atom is 0.317 e. The number of carbonyl (C=O) groups is 1. The number of phenolic OH excluding ortho intramolecular Hbond substituents is 1. The van der Waals surface area contributed by atoms with Crippen molar-refractivity contribution >= 4 is 15.9 Å². The lowest BCUT2D eigenvalue weighted by Gasteiger charge is -2.18. The predicted molar refractivity (Wildman–Crippen MR) is 76.9 cm³/mol. The Hall–Kier alpha value is -1.96. The first kappa shape index (κ1) is 15.4. The fourth-order valence-corrected chi connectivity index (χ4v) is 3.75. The highest BCUT2D eigenvalue weighted by molar-refractivity contribution is 7.91. The van der Waals surface area contributed by atoms with Crippen molar-refractivity contribution in [3.05, 3.63) is 24.3 Å². The Morgan fingerprint density at radius 1 is 1.38 bits per heavy atom. The average Bonchev–Trinajstić information content (AvgIpc) is 2.71. The minimum absolute atomic E-state index is 0.0202. The Kier molecular flexibility index (Phi) is 4.56. The van der Waals surface area contributed by atoms with Gasteiger partial charge in [0.2, 0.25) is 0 Å². The lowest BCUT2D eigenvalue weighted by atomic mass is 10.3. The third kappa shape index (κ3) is 4.82. The Balaban J connectivity index is 1.78. The molecule has 1 aromatic rings. The van der Waals surface area contributed by atoms with Crippen molar-refractivity contribution < 1.29 is 23.1 Å². The van der Waals surface area contributed by atoms with Crippen LogP contribution in [-0.2, 0) is 9.84 Å². The molecule has 3 N–H and O–H groups in total. The van der Waals surface area contributed by atoms with E-state index in [1.807, 2.05) is 0 Å². The number of hydrogen-bond donors (Lipinski definition) is 3. The minimum atomic E-state index is -3.02. The third-order valence-electron chi connectivity index (χ3n) is 3.05. The molecule has 1 aliphatic heterocycles. The van der Waals surface area contributed by atoms with Gasteiger partial charge in [0.05, 0.1) is 11.5 Å². The Labute approximate surface area is 123 Å². The summed E-state index contributed by atoms with van der Waals surface area (Å²) in [7, 11) is -3.02. The molecule has 2 unspecified atom stereocenters. The highest BCUT2D eigenvalue weighted by atomic mass is 32.2. The van der Waals surface area contributed by atoms with E-state index in [9.17, 15) is 13.2 Å². The van der Waals surface area contributed by atoms with Crippen LogP contribution in [0.2, 0.25) is 0 Å². The number of phenols is 1. The SMILES string of the molecule is CC(NC(=O)NC1CCS(=O)(=O)C1)Oc1ccc(O)cc1.